The van der Waals surface area contributed by atoms with E-state index in [-0.39, 0.29) is 12.5 Å². The van der Waals surface area contributed by atoms with Gasteiger partial charge in [-0.2, -0.15) is 0 Å². The average molecular weight is 230 g/mol. The molecule has 0 amide bonds. The van der Waals surface area contributed by atoms with E-state index in [0.29, 0.717) is 12.8 Å². The highest BCUT2D eigenvalue weighted by Gasteiger charge is 2.25. The maximum atomic E-state index is 11.5. The summed E-state index contributed by atoms with van der Waals surface area (Å²) in [6.45, 7) is 4.20. The van der Waals surface area contributed by atoms with Crippen molar-refractivity contribution in [3.05, 3.63) is 0 Å². The van der Waals surface area contributed by atoms with Crippen LogP contribution in [0.1, 0.15) is 58.8 Å². The number of esters is 1. The fourth-order valence-electron chi connectivity index (χ4n) is 1.41. The van der Waals surface area contributed by atoms with E-state index >= 15 is 0 Å². The summed E-state index contributed by atoms with van der Waals surface area (Å²) in [5.74, 6) is -0.230. The number of rotatable bonds is 9. The van der Waals surface area contributed by atoms with Crippen LogP contribution < -0.4 is 11.5 Å². The molecular weight excluding hydrogens is 204 g/mol. The van der Waals surface area contributed by atoms with E-state index in [2.05, 4.69) is 6.92 Å². The number of carbonyl (C=O) groups excluding carboxylic acids is 1. The lowest BCUT2D eigenvalue weighted by Crippen LogP contribution is -2.50. The zero-order valence-corrected chi connectivity index (χ0v) is 10.6. The third kappa shape index (κ3) is 6.80. The van der Waals surface area contributed by atoms with Gasteiger partial charge in [0.2, 0.25) is 0 Å². The Labute approximate surface area is 98.7 Å². The molecule has 0 fully saturated rings. The maximum absolute atomic E-state index is 11.5. The van der Waals surface area contributed by atoms with Gasteiger partial charge in [-0.25, -0.2) is 0 Å². The molecule has 0 saturated carbocycles. The zero-order valence-electron chi connectivity index (χ0n) is 10.6. The summed E-state index contributed by atoms with van der Waals surface area (Å²) >= 11 is 0. The molecule has 0 aliphatic carbocycles. The Morgan fingerprint density at radius 1 is 1.19 bits per heavy atom. The Morgan fingerprint density at radius 3 is 2.31 bits per heavy atom. The standard InChI is InChI=1S/C12H26N2O2/c1-3-5-6-7-8-9-11(15)16-12(14,4-2)10-13/h3-10,13-14H2,1-2H3. The van der Waals surface area contributed by atoms with E-state index in [1.165, 1.54) is 19.3 Å². The van der Waals surface area contributed by atoms with Crippen LogP contribution in [0.4, 0.5) is 0 Å². The van der Waals surface area contributed by atoms with Gasteiger partial charge in [-0.1, -0.05) is 39.5 Å². The Balaban J connectivity index is 3.65. The molecule has 0 spiro atoms. The summed E-state index contributed by atoms with van der Waals surface area (Å²) in [7, 11) is 0. The number of unbranched alkanes of at least 4 members (excludes halogenated alkanes) is 4. The fraction of sp³-hybridized carbons (Fsp3) is 0.917. The lowest BCUT2D eigenvalue weighted by atomic mass is 10.1. The van der Waals surface area contributed by atoms with Gasteiger partial charge >= 0.3 is 5.97 Å². The van der Waals surface area contributed by atoms with Gasteiger partial charge in [0.25, 0.3) is 0 Å². The quantitative estimate of drug-likeness (QED) is 0.360. The first-order chi connectivity index (χ1) is 7.58. The van der Waals surface area contributed by atoms with Crippen molar-refractivity contribution in [2.45, 2.75) is 64.5 Å². The first-order valence-corrected chi connectivity index (χ1v) is 6.28. The summed E-state index contributed by atoms with van der Waals surface area (Å²) in [5.41, 5.74) is 10.3. The second kappa shape index (κ2) is 8.53. The highest BCUT2D eigenvalue weighted by atomic mass is 16.6. The molecule has 0 aromatic heterocycles. The van der Waals surface area contributed by atoms with Crippen LogP contribution in [0.3, 0.4) is 0 Å². The molecular formula is C12H26N2O2. The molecule has 16 heavy (non-hydrogen) atoms. The van der Waals surface area contributed by atoms with Gasteiger partial charge in [0.05, 0.1) is 0 Å². The van der Waals surface area contributed by atoms with Crippen LogP contribution in [0.25, 0.3) is 0 Å². The van der Waals surface area contributed by atoms with Crippen LogP contribution in [0, 0.1) is 0 Å². The van der Waals surface area contributed by atoms with Gasteiger partial charge < -0.3 is 10.5 Å². The number of nitrogens with two attached hydrogens (primary N) is 2. The fourth-order valence-corrected chi connectivity index (χ4v) is 1.41. The van der Waals surface area contributed by atoms with Crippen molar-refractivity contribution in [2.24, 2.45) is 11.5 Å². The van der Waals surface area contributed by atoms with Crippen molar-refractivity contribution >= 4 is 5.97 Å². The van der Waals surface area contributed by atoms with Gasteiger partial charge in [-0.05, 0) is 12.8 Å². The van der Waals surface area contributed by atoms with E-state index in [9.17, 15) is 4.79 Å². The summed E-state index contributed by atoms with van der Waals surface area (Å²) in [6.07, 6.45) is 6.57. The minimum absolute atomic E-state index is 0.172. The molecule has 0 radical (unpaired) electrons. The lowest BCUT2D eigenvalue weighted by molar-refractivity contribution is -0.158. The Hall–Kier alpha value is -0.610. The first-order valence-electron chi connectivity index (χ1n) is 6.28. The Morgan fingerprint density at radius 2 is 1.81 bits per heavy atom. The van der Waals surface area contributed by atoms with Crippen molar-refractivity contribution in [2.75, 3.05) is 6.54 Å². The highest BCUT2D eigenvalue weighted by Crippen LogP contribution is 2.11. The molecule has 0 aromatic rings. The molecule has 4 N–H and O–H groups in total. The number of hydrogen-bond acceptors (Lipinski definition) is 4. The molecule has 96 valence electrons. The molecule has 4 nitrogen and oxygen atoms in total. The zero-order chi connectivity index (χ0) is 12.4. The summed E-state index contributed by atoms with van der Waals surface area (Å²) in [6, 6.07) is 0. The topological polar surface area (TPSA) is 78.3 Å². The molecule has 0 aliphatic heterocycles. The molecule has 1 atom stereocenters. The summed E-state index contributed by atoms with van der Waals surface area (Å²) in [5, 5.41) is 0. The normalized spacial score (nSPS) is 14.5. The van der Waals surface area contributed by atoms with E-state index in [1.54, 1.807) is 0 Å². The third-order valence-electron chi connectivity index (χ3n) is 2.75. The van der Waals surface area contributed by atoms with E-state index in [0.717, 1.165) is 12.8 Å². The third-order valence-corrected chi connectivity index (χ3v) is 2.75. The largest absolute Gasteiger partial charge is 0.443 e. The highest BCUT2D eigenvalue weighted by molar-refractivity contribution is 5.69. The number of hydrogen-bond donors (Lipinski definition) is 2. The van der Waals surface area contributed by atoms with Crippen LogP contribution in [-0.2, 0) is 9.53 Å². The Bertz CT molecular complexity index is 191. The average Bonchev–Trinajstić information content (AvgIpc) is 2.28. The first kappa shape index (κ1) is 15.4. The maximum Gasteiger partial charge on any atom is 0.307 e. The minimum atomic E-state index is -0.972. The second-order valence-corrected chi connectivity index (χ2v) is 4.26. The van der Waals surface area contributed by atoms with Crippen LogP contribution in [0.15, 0.2) is 0 Å². The number of ether oxygens (including phenoxy) is 1. The predicted molar refractivity (Wildman–Crippen MR) is 65.7 cm³/mol. The summed E-state index contributed by atoms with van der Waals surface area (Å²) < 4.78 is 5.16. The van der Waals surface area contributed by atoms with Gasteiger partial charge in [0, 0.05) is 13.0 Å². The van der Waals surface area contributed by atoms with Crippen molar-refractivity contribution in [3.63, 3.8) is 0 Å². The van der Waals surface area contributed by atoms with Gasteiger partial charge in [0.15, 0.2) is 5.72 Å². The smallest absolute Gasteiger partial charge is 0.307 e. The van der Waals surface area contributed by atoms with Crippen molar-refractivity contribution in [3.8, 4) is 0 Å². The van der Waals surface area contributed by atoms with Gasteiger partial charge in [-0.3, -0.25) is 10.5 Å². The van der Waals surface area contributed by atoms with Gasteiger partial charge in [0.1, 0.15) is 0 Å². The number of carbonyl (C=O) groups is 1. The predicted octanol–water partition coefficient (Wildman–Crippen LogP) is 1.91. The minimum Gasteiger partial charge on any atom is -0.443 e. The molecule has 0 rings (SSSR count). The molecule has 0 heterocycles. The monoisotopic (exact) mass is 230 g/mol. The molecule has 4 heteroatoms. The van der Waals surface area contributed by atoms with Crippen LogP contribution >= 0.6 is 0 Å². The summed E-state index contributed by atoms with van der Waals surface area (Å²) in [4.78, 5) is 11.5. The second-order valence-electron chi connectivity index (χ2n) is 4.26. The van der Waals surface area contributed by atoms with E-state index in [4.69, 9.17) is 16.2 Å². The lowest BCUT2D eigenvalue weighted by Gasteiger charge is -2.26. The molecule has 0 bridgehead atoms. The van der Waals surface area contributed by atoms with Crippen molar-refractivity contribution < 1.29 is 9.53 Å². The molecule has 0 aromatic carbocycles. The van der Waals surface area contributed by atoms with Crippen molar-refractivity contribution in [1.29, 1.82) is 0 Å². The van der Waals surface area contributed by atoms with Gasteiger partial charge in [-0.15, -0.1) is 0 Å². The molecule has 0 saturated heterocycles. The van der Waals surface area contributed by atoms with Crippen molar-refractivity contribution in [1.82, 2.24) is 0 Å². The van der Waals surface area contributed by atoms with Crippen LogP contribution in [0.5, 0.6) is 0 Å². The van der Waals surface area contributed by atoms with Crippen LogP contribution in [0.2, 0.25) is 0 Å². The Kier molecular flexibility index (Phi) is 8.21. The van der Waals surface area contributed by atoms with E-state index in [1.807, 2.05) is 6.92 Å². The van der Waals surface area contributed by atoms with Crippen LogP contribution in [-0.4, -0.2) is 18.2 Å². The molecule has 0 aliphatic rings. The molecule has 1 unspecified atom stereocenters. The SMILES string of the molecule is CCCCCCCC(=O)OC(N)(CC)CN. The van der Waals surface area contributed by atoms with E-state index < -0.39 is 5.72 Å².